The molecule has 0 aliphatic carbocycles. The molecule has 3 saturated heterocycles. The minimum Gasteiger partial charge on any atom is -0.455 e. The quantitative estimate of drug-likeness (QED) is 0.200. The molecule has 10 heteroatoms. The van der Waals surface area contributed by atoms with Gasteiger partial charge in [0.15, 0.2) is 0 Å². The number of rotatable bonds is 17. The lowest BCUT2D eigenvalue weighted by Gasteiger charge is -2.40. The van der Waals surface area contributed by atoms with Crippen molar-refractivity contribution in [2.24, 2.45) is 11.8 Å². The van der Waals surface area contributed by atoms with E-state index in [1.807, 2.05) is 44.2 Å². The number of benzene rings is 1. The van der Waals surface area contributed by atoms with E-state index in [2.05, 4.69) is 25.4 Å². The van der Waals surface area contributed by atoms with Crippen LogP contribution in [0.2, 0.25) is 0 Å². The Balaban J connectivity index is 1.66. The number of carbonyl (C=O) groups excluding carboxylic acids is 4. The van der Waals surface area contributed by atoms with Gasteiger partial charge in [-0.15, -0.1) is 13.2 Å². The van der Waals surface area contributed by atoms with Gasteiger partial charge in [-0.1, -0.05) is 62.8 Å². The van der Waals surface area contributed by atoms with Gasteiger partial charge in [0.2, 0.25) is 17.7 Å². The molecule has 3 heterocycles. The predicted octanol–water partition coefficient (Wildman–Crippen LogP) is 3.70. The van der Waals surface area contributed by atoms with Crippen LogP contribution in [0.5, 0.6) is 0 Å². The van der Waals surface area contributed by atoms with E-state index in [0.717, 1.165) is 12.8 Å². The summed E-state index contributed by atoms with van der Waals surface area (Å²) in [5.41, 5.74) is -0.505. The SMILES string of the molecule is C=CCCC(=O)NC[C@@H](OC(=O)[C@@H]1[C@@H]2CC[C@]3(O2)[C@H](C(=O)N(CC=C)C(C)CCC)N([C@@H](CC)CO)C(=O)[C@@H]13)c1ccccc1. The van der Waals surface area contributed by atoms with Gasteiger partial charge < -0.3 is 29.7 Å². The molecule has 246 valence electrons. The molecule has 3 fully saturated rings. The van der Waals surface area contributed by atoms with Crippen LogP contribution in [0.25, 0.3) is 0 Å². The van der Waals surface area contributed by atoms with E-state index in [1.54, 1.807) is 17.1 Å². The zero-order chi connectivity index (χ0) is 32.7. The smallest absolute Gasteiger partial charge is 0.313 e. The van der Waals surface area contributed by atoms with Crippen LogP contribution in [0, 0.1) is 11.8 Å². The molecule has 3 aliphatic heterocycles. The largest absolute Gasteiger partial charge is 0.455 e. The Morgan fingerprint density at radius 3 is 2.58 bits per heavy atom. The van der Waals surface area contributed by atoms with Crippen LogP contribution < -0.4 is 5.32 Å². The topological polar surface area (TPSA) is 125 Å². The fourth-order valence-electron chi connectivity index (χ4n) is 7.44. The maximum absolute atomic E-state index is 14.5. The van der Waals surface area contributed by atoms with Crippen LogP contribution in [0.4, 0.5) is 0 Å². The Morgan fingerprint density at radius 1 is 1.22 bits per heavy atom. The molecular weight excluding hydrogens is 574 g/mol. The maximum atomic E-state index is 14.5. The van der Waals surface area contributed by atoms with Crippen LogP contribution in [0.1, 0.15) is 77.4 Å². The fourth-order valence-corrected chi connectivity index (χ4v) is 7.44. The van der Waals surface area contributed by atoms with Crippen LogP contribution in [-0.2, 0) is 28.7 Å². The molecule has 45 heavy (non-hydrogen) atoms. The van der Waals surface area contributed by atoms with Crippen molar-refractivity contribution in [3.8, 4) is 0 Å². The van der Waals surface area contributed by atoms with Crippen molar-refractivity contribution in [3.05, 3.63) is 61.2 Å². The number of likely N-dealkylation sites (tertiary alicyclic amines) is 1. The molecule has 10 nitrogen and oxygen atoms in total. The van der Waals surface area contributed by atoms with E-state index in [9.17, 15) is 24.3 Å². The van der Waals surface area contributed by atoms with Gasteiger partial charge in [-0.2, -0.15) is 0 Å². The Hall–Kier alpha value is -3.50. The van der Waals surface area contributed by atoms with Crippen molar-refractivity contribution in [3.63, 3.8) is 0 Å². The van der Waals surface area contributed by atoms with E-state index in [0.29, 0.717) is 37.8 Å². The molecule has 4 rings (SSSR count). The number of allylic oxidation sites excluding steroid dienone is 1. The third-order valence-corrected chi connectivity index (χ3v) is 9.66. The summed E-state index contributed by atoms with van der Waals surface area (Å²) >= 11 is 0. The van der Waals surface area contributed by atoms with Gasteiger partial charge >= 0.3 is 5.97 Å². The van der Waals surface area contributed by atoms with Crippen LogP contribution in [0.3, 0.4) is 0 Å². The fraction of sp³-hybridized carbons (Fsp3) is 0.600. The van der Waals surface area contributed by atoms with Crippen molar-refractivity contribution < 1.29 is 33.8 Å². The van der Waals surface area contributed by atoms with E-state index in [-0.39, 0.29) is 43.3 Å². The van der Waals surface area contributed by atoms with Gasteiger partial charge in [-0.3, -0.25) is 19.2 Å². The van der Waals surface area contributed by atoms with Gasteiger partial charge in [0.25, 0.3) is 0 Å². The first-order chi connectivity index (χ1) is 21.7. The van der Waals surface area contributed by atoms with E-state index in [1.165, 1.54) is 4.90 Å². The third kappa shape index (κ3) is 6.72. The van der Waals surface area contributed by atoms with Gasteiger partial charge in [0, 0.05) is 19.0 Å². The second-order valence-corrected chi connectivity index (χ2v) is 12.4. The summed E-state index contributed by atoms with van der Waals surface area (Å²) in [5, 5.41) is 13.2. The third-order valence-electron chi connectivity index (χ3n) is 9.66. The van der Waals surface area contributed by atoms with Crippen LogP contribution >= 0.6 is 0 Å². The molecule has 2 N–H and O–H groups in total. The number of esters is 1. The molecule has 0 saturated carbocycles. The Bertz CT molecular complexity index is 1230. The molecule has 1 aromatic carbocycles. The first-order valence-corrected chi connectivity index (χ1v) is 16.3. The van der Waals surface area contributed by atoms with E-state index < -0.39 is 47.7 Å². The Kier molecular flexibility index (Phi) is 11.6. The summed E-state index contributed by atoms with van der Waals surface area (Å²) in [4.78, 5) is 58.6. The van der Waals surface area contributed by atoms with Gasteiger partial charge in [0.1, 0.15) is 17.7 Å². The first kappa shape index (κ1) is 34.4. The molecule has 0 radical (unpaired) electrons. The number of nitrogens with one attached hydrogen (secondary N) is 1. The second kappa shape index (κ2) is 15.2. The zero-order valence-electron chi connectivity index (χ0n) is 26.9. The number of hydrogen-bond donors (Lipinski definition) is 2. The number of ether oxygens (including phenoxy) is 2. The number of nitrogens with zero attached hydrogens (tertiary/aromatic N) is 2. The minimum absolute atomic E-state index is 0.0647. The number of aliphatic hydroxyl groups excluding tert-OH is 1. The number of aliphatic hydroxyl groups is 1. The van der Waals surface area contributed by atoms with Crippen LogP contribution in [-0.4, -0.2) is 88.1 Å². The lowest BCUT2D eigenvalue weighted by Crippen LogP contribution is -2.60. The summed E-state index contributed by atoms with van der Waals surface area (Å²) in [6.07, 6.45) is 5.79. The van der Waals surface area contributed by atoms with Crippen molar-refractivity contribution in [2.45, 2.75) is 102 Å². The highest BCUT2D eigenvalue weighted by Crippen LogP contribution is 2.59. The monoisotopic (exact) mass is 623 g/mol. The second-order valence-electron chi connectivity index (χ2n) is 12.4. The van der Waals surface area contributed by atoms with Crippen molar-refractivity contribution >= 4 is 23.7 Å². The van der Waals surface area contributed by atoms with Gasteiger partial charge in [-0.25, -0.2) is 0 Å². The molecule has 3 amide bonds. The molecule has 1 spiro atoms. The highest BCUT2D eigenvalue weighted by atomic mass is 16.6. The van der Waals surface area contributed by atoms with Gasteiger partial charge in [-0.05, 0) is 44.6 Å². The van der Waals surface area contributed by atoms with Crippen molar-refractivity contribution in [1.82, 2.24) is 15.1 Å². The highest BCUT2D eigenvalue weighted by molar-refractivity contribution is 5.98. The molecule has 3 aliphatic rings. The number of carbonyl (C=O) groups is 4. The molecule has 0 aromatic heterocycles. The standard InChI is InChI=1S/C35H49N3O7/c1-6-10-17-28(40)36-21-27(24-15-12-11-13-16-24)44-34(43)29-26-18-19-35(45-26)30(29)32(41)38(25(9-4)22-39)31(35)33(42)37(20-8-3)23(5)14-7-2/h6,8,11-13,15-16,23,25-27,29-31,39H,1,3,7,9-10,14,17-22H2,2,4-5H3,(H,36,40)/t23?,25-,26-,27+,29+,30+,31-,35+/m0/s1. The Labute approximate surface area is 266 Å². The average Bonchev–Trinajstić information content (AvgIpc) is 3.69. The van der Waals surface area contributed by atoms with Crippen molar-refractivity contribution in [1.29, 1.82) is 0 Å². The molecule has 2 bridgehead atoms. The van der Waals surface area contributed by atoms with Crippen LogP contribution in [0.15, 0.2) is 55.6 Å². The number of hydrogen-bond acceptors (Lipinski definition) is 7. The average molecular weight is 624 g/mol. The van der Waals surface area contributed by atoms with Crippen molar-refractivity contribution in [2.75, 3.05) is 19.7 Å². The summed E-state index contributed by atoms with van der Waals surface area (Å²) in [5.74, 6) is -3.25. The van der Waals surface area contributed by atoms with E-state index in [4.69, 9.17) is 9.47 Å². The lowest BCUT2D eigenvalue weighted by molar-refractivity contribution is -0.161. The highest BCUT2D eigenvalue weighted by Gasteiger charge is 2.75. The molecule has 8 atom stereocenters. The first-order valence-electron chi connectivity index (χ1n) is 16.3. The predicted molar refractivity (Wildman–Crippen MR) is 170 cm³/mol. The molecule has 1 unspecified atom stereocenters. The number of amides is 3. The summed E-state index contributed by atoms with van der Waals surface area (Å²) < 4.78 is 12.7. The maximum Gasteiger partial charge on any atom is 0.313 e. The summed E-state index contributed by atoms with van der Waals surface area (Å²) in [6.45, 7) is 13.5. The number of fused-ring (bicyclic) bond motifs is 1. The summed E-state index contributed by atoms with van der Waals surface area (Å²) in [7, 11) is 0. The normalized spacial score (nSPS) is 26.9. The molecular formula is C35H49N3O7. The summed E-state index contributed by atoms with van der Waals surface area (Å²) in [6, 6.07) is 7.45. The zero-order valence-corrected chi connectivity index (χ0v) is 26.9. The van der Waals surface area contributed by atoms with Gasteiger partial charge in [0.05, 0.1) is 37.1 Å². The molecule has 1 aromatic rings. The lowest BCUT2D eigenvalue weighted by atomic mass is 9.70. The van der Waals surface area contributed by atoms with E-state index >= 15 is 0 Å². The minimum atomic E-state index is -1.21. The Morgan fingerprint density at radius 2 is 1.96 bits per heavy atom.